The number of H-pyrrole nitrogens is 1. The molecule has 2 aromatic heterocycles. The Morgan fingerprint density at radius 3 is 2.78 bits per heavy atom. The lowest BCUT2D eigenvalue weighted by atomic mass is 10.1. The van der Waals surface area contributed by atoms with E-state index in [-0.39, 0.29) is 21.8 Å². The van der Waals surface area contributed by atoms with E-state index in [2.05, 4.69) is 19.9 Å². The number of aliphatic hydroxyl groups is 1. The highest BCUT2D eigenvalue weighted by Crippen LogP contribution is 2.31. The van der Waals surface area contributed by atoms with E-state index in [9.17, 15) is 13.5 Å². The molecule has 0 spiro atoms. The highest BCUT2D eigenvalue weighted by Gasteiger charge is 2.28. The van der Waals surface area contributed by atoms with Crippen LogP contribution in [0, 0.1) is 0 Å². The number of pyridine rings is 1. The predicted octanol–water partition coefficient (Wildman–Crippen LogP) is 2.05. The van der Waals surface area contributed by atoms with Crippen LogP contribution in [0.25, 0.3) is 22.3 Å². The van der Waals surface area contributed by atoms with Crippen LogP contribution < -0.4 is 10.5 Å². The molecule has 1 fully saturated rings. The summed E-state index contributed by atoms with van der Waals surface area (Å²) in [6.07, 6.45) is 1.17. The van der Waals surface area contributed by atoms with Gasteiger partial charge in [0.05, 0.1) is 27.2 Å². The van der Waals surface area contributed by atoms with Crippen LogP contribution in [0.4, 0.5) is 5.82 Å². The van der Waals surface area contributed by atoms with Gasteiger partial charge in [0.2, 0.25) is 10.0 Å². The van der Waals surface area contributed by atoms with Gasteiger partial charge in [0, 0.05) is 11.6 Å². The van der Waals surface area contributed by atoms with Crippen LogP contribution in [-0.4, -0.2) is 40.9 Å². The summed E-state index contributed by atoms with van der Waals surface area (Å²) >= 11 is 6.35. The standard InChI is InChI=1S/C17H18ClN5O3S/c18-13-8-11(27(25,26)23-9-1-2-10(24)7-9)3-4-12(13)14-5-6-15-16(20-14)17(19)22-21-15/h3-6,8-10,23-24H,1-2,7H2,(H3,19,21,22). The second kappa shape index (κ2) is 6.75. The third-order valence-corrected chi connectivity index (χ3v) is 6.52. The second-order valence-corrected chi connectivity index (χ2v) is 8.75. The summed E-state index contributed by atoms with van der Waals surface area (Å²) < 4.78 is 27.8. The zero-order chi connectivity index (χ0) is 19.2. The summed E-state index contributed by atoms with van der Waals surface area (Å²) in [6, 6.07) is 7.78. The number of halogens is 1. The minimum Gasteiger partial charge on any atom is -0.393 e. The summed E-state index contributed by atoms with van der Waals surface area (Å²) in [6.45, 7) is 0. The van der Waals surface area contributed by atoms with Crippen molar-refractivity contribution in [2.45, 2.75) is 36.3 Å². The molecule has 27 heavy (non-hydrogen) atoms. The molecule has 5 N–H and O–H groups in total. The lowest BCUT2D eigenvalue weighted by molar-refractivity contribution is 0.181. The van der Waals surface area contributed by atoms with Crippen LogP contribution in [0.2, 0.25) is 5.02 Å². The minimum absolute atomic E-state index is 0.0709. The van der Waals surface area contributed by atoms with Crippen molar-refractivity contribution in [1.82, 2.24) is 19.9 Å². The molecule has 0 radical (unpaired) electrons. The van der Waals surface area contributed by atoms with Crippen molar-refractivity contribution in [3.63, 3.8) is 0 Å². The van der Waals surface area contributed by atoms with Gasteiger partial charge in [-0.05, 0) is 49.6 Å². The molecule has 1 aliphatic carbocycles. The average Bonchev–Trinajstić information content (AvgIpc) is 3.20. The van der Waals surface area contributed by atoms with Gasteiger partial charge >= 0.3 is 0 Å². The summed E-state index contributed by atoms with van der Waals surface area (Å²) in [4.78, 5) is 4.52. The lowest BCUT2D eigenvalue weighted by Crippen LogP contribution is -2.33. The number of anilines is 1. The van der Waals surface area contributed by atoms with Gasteiger partial charge in [0.15, 0.2) is 5.82 Å². The first-order valence-corrected chi connectivity index (χ1v) is 10.3. The van der Waals surface area contributed by atoms with Crippen LogP contribution in [0.3, 0.4) is 0 Å². The number of aliphatic hydroxyl groups excluding tert-OH is 1. The fraction of sp³-hybridized carbons (Fsp3) is 0.294. The van der Waals surface area contributed by atoms with E-state index in [1.165, 1.54) is 12.1 Å². The molecular weight excluding hydrogens is 390 g/mol. The van der Waals surface area contributed by atoms with Crippen LogP contribution in [0.15, 0.2) is 35.2 Å². The first-order valence-electron chi connectivity index (χ1n) is 8.44. The van der Waals surface area contributed by atoms with E-state index < -0.39 is 16.1 Å². The Labute approximate surface area is 160 Å². The van der Waals surface area contributed by atoms with Crippen LogP contribution in [0.5, 0.6) is 0 Å². The number of rotatable bonds is 4. The number of nitrogens with two attached hydrogens (primary N) is 1. The zero-order valence-corrected chi connectivity index (χ0v) is 15.8. The minimum atomic E-state index is -3.72. The molecule has 142 valence electrons. The van der Waals surface area contributed by atoms with Gasteiger partial charge in [-0.3, -0.25) is 5.10 Å². The number of nitrogen functional groups attached to an aromatic ring is 1. The molecule has 10 heteroatoms. The van der Waals surface area contributed by atoms with Gasteiger partial charge in [0.1, 0.15) is 5.52 Å². The number of nitrogens with zero attached hydrogens (tertiary/aromatic N) is 2. The van der Waals surface area contributed by atoms with Gasteiger partial charge in [-0.1, -0.05) is 11.6 Å². The topological polar surface area (TPSA) is 134 Å². The van der Waals surface area contributed by atoms with Crippen molar-refractivity contribution in [3.8, 4) is 11.3 Å². The van der Waals surface area contributed by atoms with Crippen molar-refractivity contribution in [1.29, 1.82) is 0 Å². The molecule has 2 heterocycles. The molecule has 3 aromatic rings. The van der Waals surface area contributed by atoms with Gasteiger partial charge in [-0.2, -0.15) is 5.10 Å². The predicted molar refractivity (Wildman–Crippen MR) is 103 cm³/mol. The van der Waals surface area contributed by atoms with E-state index >= 15 is 0 Å². The summed E-state index contributed by atoms with van der Waals surface area (Å²) in [5.41, 5.74) is 8.18. The highest BCUT2D eigenvalue weighted by molar-refractivity contribution is 7.89. The van der Waals surface area contributed by atoms with Crippen molar-refractivity contribution in [3.05, 3.63) is 35.4 Å². The summed E-state index contributed by atoms with van der Waals surface area (Å²) in [7, 11) is -3.72. The number of nitrogens with one attached hydrogen (secondary N) is 2. The normalized spacial score (nSPS) is 20.4. The van der Waals surface area contributed by atoms with E-state index in [4.69, 9.17) is 17.3 Å². The third kappa shape index (κ3) is 3.51. The maximum Gasteiger partial charge on any atom is 0.240 e. The molecule has 1 aromatic carbocycles. The molecule has 0 aliphatic heterocycles. The number of hydrogen-bond donors (Lipinski definition) is 4. The Morgan fingerprint density at radius 2 is 2.07 bits per heavy atom. The number of benzene rings is 1. The largest absolute Gasteiger partial charge is 0.393 e. The van der Waals surface area contributed by atoms with Crippen LogP contribution >= 0.6 is 11.6 Å². The smallest absolute Gasteiger partial charge is 0.240 e. The Balaban J connectivity index is 1.64. The van der Waals surface area contributed by atoms with E-state index in [0.29, 0.717) is 41.6 Å². The fourth-order valence-electron chi connectivity index (χ4n) is 3.29. The van der Waals surface area contributed by atoms with Crippen LogP contribution in [-0.2, 0) is 10.0 Å². The fourth-order valence-corrected chi connectivity index (χ4v) is 4.94. The van der Waals surface area contributed by atoms with E-state index in [0.717, 1.165) is 0 Å². The van der Waals surface area contributed by atoms with Crippen molar-refractivity contribution in [2.75, 3.05) is 5.73 Å². The molecule has 4 rings (SSSR count). The number of hydrogen-bond acceptors (Lipinski definition) is 6. The lowest BCUT2D eigenvalue weighted by Gasteiger charge is -2.14. The first-order chi connectivity index (χ1) is 12.8. The molecule has 0 amide bonds. The number of sulfonamides is 1. The Kier molecular flexibility index (Phi) is 4.55. The molecule has 8 nitrogen and oxygen atoms in total. The van der Waals surface area contributed by atoms with E-state index in [1.807, 2.05) is 0 Å². The van der Waals surface area contributed by atoms with Gasteiger partial charge in [0.25, 0.3) is 0 Å². The summed E-state index contributed by atoms with van der Waals surface area (Å²) in [5, 5.41) is 16.5. The van der Waals surface area contributed by atoms with Gasteiger partial charge in [-0.15, -0.1) is 0 Å². The quantitative estimate of drug-likeness (QED) is 0.523. The highest BCUT2D eigenvalue weighted by atomic mass is 35.5. The van der Waals surface area contributed by atoms with Crippen molar-refractivity contribution in [2.24, 2.45) is 0 Å². The first kappa shape index (κ1) is 18.2. The van der Waals surface area contributed by atoms with Gasteiger partial charge < -0.3 is 10.8 Å². The molecule has 1 aliphatic rings. The third-order valence-electron chi connectivity index (χ3n) is 4.69. The molecule has 2 atom stereocenters. The molecule has 0 bridgehead atoms. The average molecular weight is 408 g/mol. The van der Waals surface area contributed by atoms with E-state index in [1.54, 1.807) is 18.2 Å². The monoisotopic (exact) mass is 407 g/mol. The molecular formula is C17H18ClN5O3S. The number of fused-ring (bicyclic) bond motifs is 1. The van der Waals surface area contributed by atoms with Crippen LogP contribution in [0.1, 0.15) is 19.3 Å². The maximum absolute atomic E-state index is 12.6. The Morgan fingerprint density at radius 1 is 1.26 bits per heavy atom. The molecule has 1 saturated carbocycles. The Hall–Kier alpha value is -2.20. The zero-order valence-electron chi connectivity index (χ0n) is 14.2. The maximum atomic E-state index is 12.6. The van der Waals surface area contributed by atoms with Gasteiger partial charge in [-0.25, -0.2) is 18.1 Å². The molecule has 0 saturated heterocycles. The van der Waals surface area contributed by atoms with Crippen molar-refractivity contribution < 1.29 is 13.5 Å². The number of aromatic nitrogens is 3. The second-order valence-electron chi connectivity index (χ2n) is 6.63. The SMILES string of the molecule is Nc1n[nH]c2ccc(-c3ccc(S(=O)(=O)NC4CCC(O)C4)cc3Cl)nc12. The Bertz CT molecular complexity index is 1110. The number of aromatic amines is 1. The summed E-state index contributed by atoms with van der Waals surface area (Å²) in [5.74, 6) is 0.283. The molecule has 2 unspecified atom stereocenters. The van der Waals surface area contributed by atoms with Crippen molar-refractivity contribution >= 4 is 38.5 Å².